The maximum atomic E-state index is 15.2. The lowest BCUT2D eigenvalue weighted by molar-refractivity contribution is -0.141. The molecule has 0 aromatic heterocycles. The van der Waals surface area contributed by atoms with Gasteiger partial charge in [-0.05, 0) is 110 Å². The molecule has 44 nitrogen and oxygen atoms in total. The first-order chi connectivity index (χ1) is 48.6. The molecule has 1 fully saturated rings. The summed E-state index contributed by atoms with van der Waals surface area (Å²) < 4.78 is 0. The van der Waals surface area contributed by atoms with Gasteiger partial charge in [-0.1, -0.05) is 0 Å². The number of nitrogens with zero attached hydrogens (tertiary/aromatic N) is 7. The summed E-state index contributed by atoms with van der Waals surface area (Å²) in [4.78, 5) is 205. The van der Waals surface area contributed by atoms with Gasteiger partial charge in [0.25, 0.3) is 0 Å². The third-order valence-corrected chi connectivity index (χ3v) is 15.4. The highest BCUT2D eigenvalue weighted by atomic mass is 32.1. The van der Waals surface area contributed by atoms with Crippen LogP contribution in [0.1, 0.15) is 129 Å². The number of rotatable bonds is 38. The third-order valence-electron chi connectivity index (χ3n) is 15.0. The van der Waals surface area contributed by atoms with Crippen molar-refractivity contribution in [2.45, 2.75) is 183 Å². The molecule has 580 valence electrons. The van der Waals surface area contributed by atoms with Crippen LogP contribution in [0.4, 0.5) is 0 Å². The number of carbonyl (C=O) groups excluding carboxylic acids is 13. The van der Waals surface area contributed by atoms with Crippen LogP contribution in [0.15, 0.2) is 30.0 Å². The molecule has 1 aliphatic heterocycles. The van der Waals surface area contributed by atoms with E-state index in [-0.39, 0.29) is 209 Å². The molecule has 1 heterocycles. The van der Waals surface area contributed by atoms with Gasteiger partial charge in [-0.25, -0.2) is 0 Å². The molecule has 1 rings (SSSR count). The van der Waals surface area contributed by atoms with Gasteiger partial charge in [-0.3, -0.25) is 92.3 Å². The lowest BCUT2D eigenvalue weighted by Gasteiger charge is -2.30. The number of thiol groups is 1. The van der Waals surface area contributed by atoms with E-state index in [0.29, 0.717) is 0 Å². The van der Waals surface area contributed by atoms with Gasteiger partial charge in [0.2, 0.25) is 76.8 Å². The van der Waals surface area contributed by atoms with Crippen molar-refractivity contribution in [2.75, 3.05) is 64.7 Å². The molecule has 103 heavy (non-hydrogen) atoms. The zero-order chi connectivity index (χ0) is 77.6. The predicted octanol–water partition coefficient (Wildman–Crippen LogP) is -11.7. The van der Waals surface area contributed by atoms with Crippen molar-refractivity contribution in [2.24, 2.45) is 110 Å². The Labute approximate surface area is 601 Å². The summed E-state index contributed by atoms with van der Waals surface area (Å²) in [5.41, 5.74) is 77.5. The average Bonchev–Trinajstić information content (AvgIpc) is 0.863. The summed E-state index contributed by atoms with van der Waals surface area (Å²) >= 11 is 4.09. The predicted molar refractivity (Wildman–Crippen MR) is 387 cm³/mol. The van der Waals surface area contributed by atoms with E-state index in [1.807, 2.05) is 0 Å². The van der Waals surface area contributed by atoms with E-state index >= 15 is 4.79 Å². The van der Waals surface area contributed by atoms with Crippen molar-refractivity contribution in [1.29, 1.82) is 0 Å². The molecule has 13 amide bonds. The van der Waals surface area contributed by atoms with Gasteiger partial charge >= 0.3 is 0 Å². The second-order valence-corrected chi connectivity index (χ2v) is 24.2. The lowest BCUT2D eigenvalue weighted by atomic mass is 10.0. The molecule has 1 aliphatic rings. The minimum Gasteiger partial charge on any atom is -0.370 e. The molecule has 0 aromatic carbocycles. The fourth-order valence-electron chi connectivity index (χ4n) is 9.74. The number of nitrogens with one attached hydrogen (secondary N) is 10. The number of primary amides is 2. The minimum absolute atomic E-state index is 0.00576. The monoisotopic (exact) mass is 1480 g/mol. The average molecular weight is 1480 g/mol. The summed E-state index contributed by atoms with van der Waals surface area (Å²) in [6, 6.07) is -13.1. The number of aliphatic imine (C=N–C) groups is 6. The zero-order valence-corrected chi connectivity index (χ0v) is 59.1. The zero-order valence-electron chi connectivity index (χ0n) is 58.2. The van der Waals surface area contributed by atoms with Gasteiger partial charge in [0.1, 0.15) is 54.4 Å². The summed E-state index contributed by atoms with van der Waals surface area (Å²) in [5, 5.41) is 25.8. The molecule has 0 radical (unpaired) electrons. The Morgan fingerprint density at radius 2 is 0.816 bits per heavy atom. The molecule has 45 heteroatoms. The Kier molecular flexibility index (Phi) is 44.1. The Balaban J connectivity index is 4.12. The highest BCUT2D eigenvalue weighted by Crippen LogP contribution is 2.13. The Morgan fingerprint density at radius 3 is 1.24 bits per heavy atom. The third kappa shape index (κ3) is 41.4. The van der Waals surface area contributed by atoms with Crippen LogP contribution in [0, 0.1) is 0 Å². The number of carbonyl (C=O) groups is 13. The maximum absolute atomic E-state index is 15.2. The highest BCUT2D eigenvalue weighted by Gasteiger charge is 2.35. The molecule has 0 saturated carbocycles. The molecular weight excluding hydrogens is 1370 g/mol. The fourth-order valence-corrected chi connectivity index (χ4v) is 10.0. The standard InChI is InChI=1S/C58H109N31O13S/c1-31-45(95)83-34(13-7-24-76-55(65)66)50(100)87-38(16-10-27-79-58(71)72)52(102)89(28-3-2-21-73-41(91)17-4-18-42(92)81-32(11-5-22-74-53(61)62)47(97)86-37(46(96)80-31)19-20-40(59)90)29-43(93)82-33(12-6-23-75-54(63)64)48(98)84-35(14-8-25-77-56(67)68)49(99)85-36(15-9-26-78-57(69)70)51(101)88-39(30-103)44(60)94/h31-39,103H,2-30H2,1H3,(H2,59,90)(H2,60,94)(H,73,91)(H,80,96)(H,81,92)(H,82,93)(H,83,95)(H,84,98)(H,85,99)(H,86,97)(H,87,100)(H,88,101)(H4,61,62,74)(H4,63,64,75)(H4,65,66,76)(H4,67,68,77)(H4,69,70,78)(H4,71,72,79)/t31-,32-,33-,34-,35-,36-,37-,38-,39-/m0/s1. The molecule has 38 N–H and O–H groups in total. The first kappa shape index (κ1) is 90.1. The molecule has 0 spiro atoms. The molecule has 0 aromatic rings. The summed E-state index contributed by atoms with van der Waals surface area (Å²) in [6.07, 6.45) is -1.55. The SMILES string of the molecule is C[C@@H]1NC(=O)[C@H](CCC(N)=O)NC(=O)[C@H](CCCN=C(N)N)NC(=O)CCCC(=O)NCCCCN(CC(=O)N[C@@H](CCCN=C(N)N)C(=O)N[C@@H](CCCN=C(N)N)C(=O)N[C@@H](CCCN=C(N)N)C(=O)N[C@@H](CS)C(N)=O)C(=O)[C@H](CCCN=C(N)N)NC(=O)[C@H](CCCN=C(N)N)NC1=O. The van der Waals surface area contributed by atoms with Crippen molar-refractivity contribution < 1.29 is 62.3 Å². The van der Waals surface area contributed by atoms with Gasteiger partial charge in [-0.15, -0.1) is 0 Å². The molecule has 9 atom stereocenters. The van der Waals surface area contributed by atoms with Gasteiger partial charge in [0.05, 0.1) is 6.54 Å². The quantitative estimate of drug-likeness (QED) is 0.0118. The van der Waals surface area contributed by atoms with E-state index in [4.69, 9.17) is 80.3 Å². The first-order valence-electron chi connectivity index (χ1n) is 33.4. The van der Waals surface area contributed by atoms with Crippen LogP contribution in [0.25, 0.3) is 0 Å². The summed E-state index contributed by atoms with van der Waals surface area (Å²) in [7, 11) is 0. The first-order valence-corrected chi connectivity index (χ1v) is 34.0. The van der Waals surface area contributed by atoms with E-state index in [1.165, 1.54) is 6.92 Å². The van der Waals surface area contributed by atoms with Gasteiger partial charge < -0.3 is 138 Å². The van der Waals surface area contributed by atoms with Gasteiger partial charge in [-0.2, -0.15) is 12.6 Å². The molecule has 0 aliphatic carbocycles. The Hall–Kier alpha value is -10.9. The number of hydrogen-bond acceptors (Lipinski definition) is 20. The van der Waals surface area contributed by atoms with E-state index in [1.54, 1.807) is 0 Å². The normalized spacial score (nSPS) is 18.7. The topological polar surface area (TPSA) is 784 Å². The van der Waals surface area contributed by atoms with E-state index in [0.717, 1.165) is 4.90 Å². The van der Waals surface area contributed by atoms with E-state index in [9.17, 15) is 57.5 Å². The molecule has 0 bridgehead atoms. The van der Waals surface area contributed by atoms with Crippen LogP contribution in [0.5, 0.6) is 0 Å². The maximum Gasteiger partial charge on any atom is 0.245 e. The second-order valence-electron chi connectivity index (χ2n) is 23.8. The largest absolute Gasteiger partial charge is 0.370 e. The second kappa shape index (κ2) is 50.4. The van der Waals surface area contributed by atoms with Crippen molar-refractivity contribution in [3.8, 4) is 0 Å². The lowest BCUT2D eigenvalue weighted by Crippen LogP contribution is -2.59. The highest BCUT2D eigenvalue weighted by molar-refractivity contribution is 7.80. The van der Waals surface area contributed by atoms with Crippen LogP contribution in [-0.4, -0.2) is 236 Å². The van der Waals surface area contributed by atoms with Crippen LogP contribution in [0.2, 0.25) is 0 Å². The van der Waals surface area contributed by atoms with Crippen LogP contribution in [0.3, 0.4) is 0 Å². The number of amides is 13. The van der Waals surface area contributed by atoms with Crippen molar-refractivity contribution in [1.82, 2.24) is 58.1 Å². The Morgan fingerprint density at radius 1 is 0.447 bits per heavy atom. The van der Waals surface area contributed by atoms with Crippen LogP contribution < -0.4 is 133 Å². The number of guanidine groups is 6. The Bertz CT molecular complexity index is 3000. The summed E-state index contributed by atoms with van der Waals surface area (Å²) in [5.74, 6) is -13.2. The van der Waals surface area contributed by atoms with Gasteiger partial charge in [0.15, 0.2) is 35.8 Å². The van der Waals surface area contributed by atoms with Crippen molar-refractivity contribution in [3.05, 3.63) is 0 Å². The summed E-state index contributed by atoms with van der Waals surface area (Å²) in [6.45, 7) is -0.0141. The fraction of sp³-hybridized carbons (Fsp3) is 0.672. The van der Waals surface area contributed by atoms with Gasteiger partial charge in [0, 0.05) is 77.4 Å². The van der Waals surface area contributed by atoms with E-state index < -0.39 is 144 Å². The molecular formula is C58H109N31O13S. The van der Waals surface area contributed by atoms with Crippen molar-refractivity contribution >= 4 is 125 Å². The van der Waals surface area contributed by atoms with Crippen LogP contribution in [-0.2, 0) is 62.3 Å². The smallest absolute Gasteiger partial charge is 0.245 e. The van der Waals surface area contributed by atoms with E-state index in [2.05, 4.69) is 95.8 Å². The molecule has 1 saturated heterocycles. The number of nitrogens with two attached hydrogens (primary N) is 14. The van der Waals surface area contributed by atoms with Crippen LogP contribution >= 0.6 is 12.6 Å². The molecule has 0 unspecified atom stereocenters. The number of hydrogen-bond donors (Lipinski definition) is 25. The van der Waals surface area contributed by atoms with Crippen molar-refractivity contribution in [3.63, 3.8) is 0 Å². The minimum atomic E-state index is -1.54.